The van der Waals surface area contributed by atoms with Crippen LogP contribution in [0, 0.1) is 5.41 Å². The first-order valence-corrected chi connectivity index (χ1v) is 10.1. The molecule has 3 rings (SSSR count). The van der Waals surface area contributed by atoms with E-state index in [1.165, 1.54) is 0 Å². The largest absolute Gasteiger partial charge is 0.385 e. The van der Waals surface area contributed by atoms with Crippen molar-refractivity contribution in [3.63, 3.8) is 0 Å². The molecule has 30 heavy (non-hydrogen) atoms. The zero-order valence-electron chi connectivity index (χ0n) is 16.9. The molecule has 9 nitrogen and oxygen atoms in total. The Kier molecular flexibility index (Phi) is 7.72. The number of aliphatic hydroxyl groups excluding tert-OH is 1. The van der Waals surface area contributed by atoms with Crippen molar-refractivity contribution in [3.8, 4) is 0 Å². The Morgan fingerprint density at radius 2 is 1.83 bits per heavy atom. The lowest BCUT2D eigenvalue weighted by Crippen LogP contribution is -2.48. The fraction of sp³-hybridized carbons (Fsp3) is 0.381. The van der Waals surface area contributed by atoms with Crippen molar-refractivity contribution in [1.82, 2.24) is 20.6 Å². The van der Waals surface area contributed by atoms with Crippen molar-refractivity contribution >= 4 is 17.7 Å². The lowest BCUT2D eigenvalue weighted by molar-refractivity contribution is 0.0786. The van der Waals surface area contributed by atoms with Gasteiger partial charge in [-0.3, -0.25) is 10.6 Å². The number of benzene rings is 1. The lowest BCUT2D eigenvalue weighted by atomic mass is 9.91. The summed E-state index contributed by atoms with van der Waals surface area (Å²) in [5.74, 6) is 0.551. The van der Waals surface area contributed by atoms with Gasteiger partial charge in [0.05, 0.1) is 11.3 Å². The number of nitrogens with one attached hydrogen (secondary N) is 4. The summed E-state index contributed by atoms with van der Waals surface area (Å²) in [6.45, 7) is 0.610. The smallest absolute Gasteiger partial charge is 0.223 e. The van der Waals surface area contributed by atoms with Crippen LogP contribution >= 0.6 is 0 Å². The van der Waals surface area contributed by atoms with E-state index < -0.39 is 6.35 Å². The molecule has 9 heteroatoms. The molecule has 1 aliphatic rings. The summed E-state index contributed by atoms with van der Waals surface area (Å²) in [4.78, 5) is 8.69. The maximum absolute atomic E-state index is 10.2. The number of aromatic nitrogens is 2. The van der Waals surface area contributed by atoms with Gasteiger partial charge in [-0.25, -0.2) is 9.97 Å². The first-order chi connectivity index (χ1) is 14.5. The molecular formula is C21H30N8O. The van der Waals surface area contributed by atoms with Crippen LogP contribution in [0.1, 0.15) is 36.9 Å². The normalized spacial score (nSPS) is 19.6. The average Bonchev–Trinajstić information content (AvgIpc) is 2.75. The minimum Gasteiger partial charge on any atom is -0.385 e. The van der Waals surface area contributed by atoms with Crippen molar-refractivity contribution < 1.29 is 5.11 Å². The maximum Gasteiger partial charge on any atom is 0.223 e. The highest BCUT2D eigenvalue weighted by molar-refractivity contribution is 6.08. The van der Waals surface area contributed by atoms with E-state index in [0.717, 1.165) is 37.5 Å². The molecule has 1 aromatic heterocycles. The van der Waals surface area contributed by atoms with Crippen molar-refractivity contribution in [3.05, 3.63) is 59.7 Å². The molecule has 0 amide bonds. The molecule has 1 unspecified atom stereocenters. The maximum atomic E-state index is 10.2. The highest BCUT2D eigenvalue weighted by Gasteiger charge is 2.23. The molecule has 9 N–H and O–H groups in total. The third kappa shape index (κ3) is 6.24. The first kappa shape index (κ1) is 21.7. The van der Waals surface area contributed by atoms with Crippen LogP contribution in [0.4, 0.5) is 5.95 Å². The van der Waals surface area contributed by atoms with Gasteiger partial charge in [0.15, 0.2) is 6.35 Å². The fourth-order valence-corrected chi connectivity index (χ4v) is 3.56. The number of rotatable bonds is 9. The molecule has 0 saturated heterocycles. The second-order valence-corrected chi connectivity index (χ2v) is 7.41. The van der Waals surface area contributed by atoms with E-state index in [-0.39, 0.29) is 17.9 Å². The van der Waals surface area contributed by atoms with Crippen LogP contribution in [0.15, 0.2) is 48.4 Å². The summed E-state index contributed by atoms with van der Waals surface area (Å²) in [7, 11) is 0. The van der Waals surface area contributed by atoms with Crippen molar-refractivity contribution in [2.75, 3.05) is 5.32 Å². The Balaban J connectivity index is 1.44. The number of hydrogen-bond donors (Lipinski definition) is 7. The fourth-order valence-electron chi connectivity index (χ4n) is 3.56. The molecule has 0 bridgehead atoms. The third-order valence-corrected chi connectivity index (χ3v) is 5.18. The molecule has 2 aromatic rings. The topological polar surface area (TPSA) is 158 Å². The number of allylic oxidation sites excluding steroid dienone is 1. The van der Waals surface area contributed by atoms with E-state index in [2.05, 4.69) is 25.9 Å². The first-order valence-electron chi connectivity index (χ1n) is 10.1. The van der Waals surface area contributed by atoms with Crippen LogP contribution in [0.2, 0.25) is 0 Å². The van der Waals surface area contributed by atoms with E-state index in [4.69, 9.17) is 16.9 Å². The van der Waals surface area contributed by atoms with Gasteiger partial charge in [-0.15, -0.1) is 0 Å². The number of nitrogens with two attached hydrogens (primary N) is 2. The van der Waals surface area contributed by atoms with Gasteiger partial charge in [-0.05, 0) is 37.3 Å². The SMILES string of the molecule is N=CC(=C(N)N)c1ccnc(NC2CCC(NC(O)NCc3ccccc3)CC2)n1. The van der Waals surface area contributed by atoms with E-state index in [9.17, 15) is 5.11 Å². The number of aliphatic hydroxyl groups is 1. The summed E-state index contributed by atoms with van der Waals surface area (Å²) >= 11 is 0. The van der Waals surface area contributed by atoms with Gasteiger partial charge in [0.1, 0.15) is 5.82 Å². The monoisotopic (exact) mass is 410 g/mol. The van der Waals surface area contributed by atoms with Crippen molar-refractivity contribution in [1.29, 1.82) is 5.41 Å². The van der Waals surface area contributed by atoms with Crippen LogP contribution in [0.3, 0.4) is 0 Å². The average molecular weight is 411 g/mol. The van der Waals surface area contributed by atoms with Gasteiger partial charge in [-0.1, -0.05) is 30.3 Å². The van der Waals surface area contributed by atoms with Crippen LogP contribution < -0.4 is 27.4 Å². The molecule has 160 valence electrons. The Labute approximate surface area is 176 Å². The van der Waals surface area contributed by atoms with Crippen LogP contribution in [0.5, 0.6) is 0 Å². The summed E-state index contributed by atoms with van der Waals surface area (Å²) in [6, 6.07) is 12.2. The predicted octanol–water partition coefficient (Wildman–Crippen LogP) is 1.09. The van der Waals surface area contributed by atoms with E-state index in [1.807, 2.05) is 30.3 Å². The molecule has 1 atom stereocenters. The zero-order valence-corrected chi connectivity index (χ0v) is 16.9. The highest BCUT2D eigenvalue weighted by atomic mass is 16.3. The Bertz CT molecular complexity index is 845. The molecule has 1 fully saturated rings. The summed E-state index contributed by atoms with van der Waals surface area (Å²) in [6.07, 6.45) is 5.71. The van der Waals surface area contributed by atoms with Gasteiger partial charge in [0.25, 0.3) is 0 Å². The van der Waals surface area contributed by atoms with Gasteiger partial charge in [-0.2, -0.15) is 0 Å². The molecule has 0 spiro atoms. The van der Waals surface area contributed by atoms with Crippen LogP contribution in [-0.4, -0.2) is 39.7 Å². The zero-order chi connectivity index (χ0) is 21.3. The summed E-state index contributed by atoms with van der Waals surface area (Å²) < 4.78 is 0. The predicted molar refractivity (Wildman–Crippen MR) is 118 cm³/mol. The minimum absolute atomic E-state index is 0.0562. The molecular weight excluding hydrogens is 380 g/mol. The van der Waals surface area contributed by atoms with Gasteiger partial charge in [0, 0.05) is 31.0 Å². The van der Waals surface area contributed by atoms with E-state index >= 15 is 0 Å². The standard InChI is InChI=1S/C21H30N8O/c22-12-17(19(23)24)18-10-11-25-20(29-18)27-15-6-8-16(9-7-15)28-21(30)26-13-14-4-2-1-3-5-14/h1-5,10-12,15-16,21-22,26,28,30H,6-9,13,23-24H2,(H,25,27,29). The molecule has 1 saturated carbocycles. The second kappa shape index (κ2) is 10.7. The number of anilines is 1. The minimum atomic E-state index is -0.743. The summed E-state index contributed by atoms with van der Waals surface area (Å²) in [5.41, 5.74) is 13.3. The van der Waals surface area contributed by atoms with Crippen molar-refractivity contribution in [2.24, 2.45) is 11.5 Å². The number of nitrogens with zero attached hydrogens (tertiary/aromatic N) is 2. The van der Waals surface area contributed by atoms with E-state index in [1.54, 1.807) is 12.3 Å². The summed E-state index contributed by atoms with van der Waals surface area (Å²) in [5, 5.41) is 27.4. The Morgan fingerprint density at radius 3 is 2.50 bits per heavy atom. The van der Waals surface area contributed by atoms with Crippen molar-refractivity contribution in [2.45, 2.75) is 50.7 Å². The molecule has 1 aliphatic carbocycles. The molecule has 1 aromatic carbocycles. The lowest BCUT2D eigenvalue weighted by Gasteiger charge is -2.31. The highest BCUT2D eigenvalue weighted by Crippen LogP contribution is 2.22. The van der Waals surface area contributed by atoms with E-state index in [0.29, 0.717) is 23.8 Å². The molecule has 0 radical (unpaired) electrons. The molecule has 0 aliphatic heterocycles. The third-order valence-electron chi connectivity index (χ3n) is 5.18. The van der Waals surface area contributed by atoms with Gasteiger partial charge in [0.2, 0.25) is 5.95 Å². The second-order valence-electron chi connectivity index (χ2n) is 7.41. The molecule has 1 heterocycles. The van der Waals surface area contributed by atoms with Crippen LogP contribution in [-0.2, 0) is 6.54 Å². The van der Waals surface area contributed by atoms with Gasteiger partial charge >= 0.3 is 0 Å². The quantitative estimate of drug-likeness (QED) is 0.239. The Hall–Kier alpha value is -3.01. The number of hydrogen-bond acceptors (Lipinski definition) is 9. The Morgan fingerprint density at radius 1 is 1.13 bits per heavy atom. The van der Waals surface area contributed by atoms with Crippen LogP contribution in [0.25, 0.3) is 5.57 Å². The van der Waals surface area contributed by atoms with Gasteiger partial charge < -0.3 is 27.3 Å².